The Hall–Kier alpha value is -2.57. The van der Waals surface area contributed by atoms with E-state index in [0.29, 0.717) is 5.57 Å². The van der Waals surface area contributed by atoms with Gasteiger partial charge < -0.3 is 4.57 Å². The molecule has 0 radical (unpaired) electrons. The molecule has 1 heterocycles. The van der Waals surface area contributed by atoms with E-state index in [1.165, 1.54) is 22.5 Å². The number of nitrogens with zero attached hydrogens (tertiary/aromatic N) is 2. The van der Waals surface area contributed by atoms with Crippen molar-refractivity contribution >= 4 is 27.6 Å². The fraction of sp³-hybridized carbons (Fsp3) is 0.208. The first kappa shape index (κ1) is 19.2. The third kappa shape index (κ3) is 3.77. The molecule has 0 bridgehead atoms. The summed E-state index contributed by atoms with van der Waals surface area (Å²) < 4.78 is 3.29. The van der Waals surface area contributed by atoms with Gasteiger partial charge in [-0.05, 0) is 73.7 Å². The lowest BCUT2D eigenvalue weighted by atomic mass is 10.0. The second-order valence-electron chi connectivity index (χ2n) is 6.78. The molecular weight excluding hydrogens is 396 g/mol. The average molecular weight is 419 g/mol. The topological polar surface area (TPSA) is 28.7 Å². The Bertz CT molecular complexity index is 1060. The van der Waals surface area contributed by atoms with Crippen LogP contribution in [0.5, 0.6) is 0 Å². The van der Waals surface area contributed by atoms with Gasteiger partial charge in [-0.2, -0.15) is 5.26 Å². The largest absolute Gasteiger partial charge is 0.317 e. The highest BCUT2D eigenvalue weighted by molar-refractivity contribution is 9.10. The summed E-state index contributed by atoms with van der Waals surface area (Å²) >= 11 is 3.49. The number of rotatable bonds is 4. The molecule has 136 valence electrons. The standard InChI is InChI=1S/C24H23BrN2/c1-5-19-9-6-8-16(2)24(19)27-17(3)12-21(18(27)4)13-22(15-26)20-10-7-11-23(25)14-20/h6-14H,5H2,1-4H3. The van der Waals surface area contributed by atoms with Crippen LogP contribution in [0.4, 0.5) is 0 Å². The van der Waals surface area contributed by atoms with Crippen molar-refractivity contribution in [3.8, 4) is 11.8 Å². The number of aromatic nitrogens is 1. The van der Waals surface area contributed by atoms with Crippen molar-refractivity contribution in [2.75, 3.05) is 0 Å². The molecule has 0 aliphatic rings. The molecule has 27 heavy (non-hydrogen) atoms. The Labute approximate surface area is 169 Å². The molecule has 0 N–H and O–H groups in total. The van der Waals surface area contributed by atoms with E-state index in [9.17, 15) is 5.26 Å². The van der Waals surface area contributed by atoms with E-state index in [1.54, 1.807) is 0 Å². The fourth-order valence-corrected chi connectivity index (χ4v) is 3.99. The Morgan fingerprint density at radius 2 is 1.85 bits per heavy atom. The van der Waals surface area contributed by atoms with Crippen LogP contribution in [-0.4, -0.2) is 4.57 Å². The number of nitriles is 1. The van der Waals surface area contributed by atoms with Crippen LogP contribution in [0, 0.1) is 32.1 Å². The van der Waals surface area contributed by atoms with Crippen LogP contribution in [0.15, 0.2) is 53.0 Å². The zero-order chi connectivity index (χ0) is 19.6. The molecule has 0 saturated heterocycles. The number of para-hydroxylation sites is 1. The molecule has 0 fully saturated rings. The van der Waals surface area contributed by atoms with E-state index in [1.807, 2.05) is 30.3 Å². The van der Waals surface area contributed by atoms with Crippen LogP contribution in [0.3, 0.4) is 0 Å². The lowest BCUT2D eigenvalue weighted by molar-refractivity contribution is 0.925. The number of aryl methyl sites for hydroxylation is 3. The summed E-state index contributed by atoms with van der Waals surface area (Å²) in [6.45, 7) is 8.60. The first-order valence-corrected chi connectivity index (χ1v) is 9.91. The molecular formula is C24H23BrN2. The Morgan fingerprint density at radius 3 is 2.52 bits per heavy atom. The SMILES string of the molecule is CCc1cccc(C)c1-n1c(C)cc(C=C(C#N)c2cccc(Br)c2)c1C. The lowest BCUT2D eigenvalue weighted by Gasteiger charge is -2.17. The van der Waals surface area contributed by atoms with E-state index in [0.717, 1.165) is 27.7 Å². The van der Waals surface area contributed by atoms with E-state index in [2.05, 4.69) is 78.5 Å². The molecule has 3 aromatic rings. The van der Waals surface area contributed by atoms with Gasteiger partial charge in [-0.3, -0.25) is 0 Å². The molecule has 2 aromatic carbocycles. The number of hydrogen-bond donors (Lipinski definition) is 0. The van der Waals surface area contributed by atoms with Crippen molar-refractivity contribution in [2.24, 2.45) is 0 Å². The van der Waals surface area contributed by atoms with Crippen molar-refractivity contribution in [1.29, 1.82) is 5.26 Å². The molecule has 0 saturated carbocycles. The molecule has 3 rings (SSSR count). The lowest BCUT2D eigenvalue weighted by Crippen LogP contribution is -2.05. The van der Waals surface area contributed by atoms with Crippen LogP contribution in [0.1, 0.15) is 40.6 Å². The quantitative estimate of drug-likeness (QED) is 0.428. The van der Waals surface area contributed by atoms with E-state index < -0.39 is 0 Å². The number of halogens is 1. The van der Waals surface area contributed by atoms with Gasteiger partial charge in [0.05, 0.1) is 17.3 Å². The van der Waals surface area contributed by atoms with Crippen LogP contribution in [-0.2, 0) is 6.42 Å². The highest BCUT2D eigenvalue weighted by Gasteiger charge is 2.15. The normalized spacial score (nSPS) is 11.5. The van der Waals surface area contributed by atoms with Crippen molar-refractivity contribution < 1.29 is 0 Å². The average Bonchev–Trinajstić information content (AvgIpc) is 2.92. The monoisotopic (exact) mass is 418 g/mol. The minimum atomic E-state index is 0.664. The Morgan fingerprint density at radius 1 is 1.11 bits per heavy atom. The van der Waals surface area contributed by atoms with Gasteiger partial charge in [-0.25, -0.2) is 0 Å². The number of allylic oxidation sites excluding steroid dienone is 1. The summed E-state index contributed by atoms with van der Waals surface area (Å²) in [6.07, 6.45) is 2.98. The highest BCUT2D eigenvalue weighted by atomic mass is 79.9. The molecule has 0 spiro atoms. The van der Waals surface area contributed by atoms with Gasteiger partial charge in [0.1, 0.15) is 0 Å². The van der Waals surface area contributed by atoms with Crippen LogP contribution in [0.2, 0.25) is 0 Å². The first-order chi connectivity index (χ1) is 13.0. The van der Waals surface area contributed by atoms with Crippen molar-refractivity contribution in [1.82, 2.24) is 4.57 Å². The maximum Gasteiger partial charge on any atom is 0.0998 e. The maximum atomic E-state index is 9.70. The second kappa shape index (κ2) is 7.98. The number of benzene rings is 2. The van der Waals surface area contributed by atoms with E-state index >= 15 is 0 Å². The third-order valence-electron chi connectivity index (χ3n) is 4.95. The van der Waals surface area contributed by atoms with Gasteiger partial charge in [0.25, 0.3) is 0 Å². The summed E-state index contributed by atoms with van der Waals surface area (Å²) in [5.41, 5.74) is 8.84. The summed E-state index contributed by atoms with van der Waals surface area (Å²) in [5.74, 6) is 0. The zero-order valence-electron chi connectivity index (χ0n) is 16.2. The van der Waals surface area contributed by atoms with Gasteiger partial charge in [0.15, 0.2) is 0 Å². The molecule has 0 aliphatic carbocycles. The molecule has 0 aliphatic heterocycles. The van der Waals surface area contributed by atoms with E-state index in [4.69, 9.17) is 0 Å². The minimum Gasteiger partial charge on any atom is -0.317 e. The molecule has 3 heteroatoms. The Kier molecular flexibility index (Phi) is 5.68. The summed E-state index contributed by atoms with van der Waals surface area (Å²) in [6, 6.07) is 18.9. The fourth-order valence-electron chi connectivity index (χ4n) is 3.59. The van der Waals surface area contributed by atoms with Gasteiger partial charge >= 0.3 is 0 Å². The van der Waals surface area contributed by atoms with Crippen LogP contribution < -0.4 is 0 Å². The summed E-state index contributed by atoms with van der Waals surface area (Å²) in [4.78, 5) is 0. The summed E-state index contributed by atoms with van der Waals surface area (Å²) in [5, 5.41) is 9.70. The van der Waals surface area contributed by atoms with Gasteiger partial charge in [-0.15, -0.1) is 0 Å². The second-order valence-corrected chi connectivity index (χ2v) is 7.69. The highest BCUT2D eigenvalue weighted by Crippen LogP contribution is 2.29. The zero-order valence-corrected chi connectivity index (χ0v) is 17.8. The smallest absolute Gasteiger partial charge is 0.0998 e. The molecule has 1 aromatic heterocycles. The predicted octanol–water partition coefficient (Wildman–Crippen LogP) is 6.79. The van der Waals surface area contributed by atoms with Gasteiger partial charge in [0.2, 0.25) is 0 Å². The molecule has 0 unspecified atom stereocenters. The maximum absolute atomic E-state index is 9.70. The molecule has 2 nitrogen and oxygen atoms in total. The Balaban J connectivity index is 2.16. The minimum absolute atomic E-state index is 0.664. The van der Waals surface area contributed by atoms with Crippen LogP contribution in [0.25, 0.3) is 17.3 Å². The van der Waals surface area contributed by atoms with Crippen molar-refractivity contribution in [3.05, 3.63) is 86.6 Å². The first-order valence-electron chi connectivity index (χ1n) is 9.11. The van der Waals surface area contributed by atoms with Crippen molar-refractivity contribution in [3.63, 3.8) is 0 Å². The van der Waals surface area contributed by atoms with Crippen LogP contribution >= 0.6 is 15.9 Å². The van der Waals surface area contributed by atoms with E-state index in [-0.39, 0.29) is 0 Å². The molecule has 0 atom stereocenters. The van der Waals surface area contributed by atoms with Crippen molar-refractivity contribution in [2.45, 2.75) is 34.1 Å². The predicted molar refractivity (Wildman–Crippen MR) is 117 cm³/mol. The van der Waals surface area contributed by atoms with Gasteiger partial charge in [0, 0.05) is 15.9 Å². The third-order valence-corrected chi connectivity index (χ3v) is 5.45. The summed E-state index contributed by atoms with van der Waals surface area (Å²) in [7, 11) is 0. The number of hydrogen-bond acceptors (Lipinski definition) is 1. The molecule has 0 amide bonds. The van der Waals surface area contributed by atoms with Gasteiger partial charge in [-0.1, -0.05) is 53.2 Å².